The summed E-state index contributed by atoms with van der Waals surface area (Å²) in [6.45, 7) is 6.97. The van der Waals surface area contributed by atoms with Gasteiger partial charge in [0.1, 0.15) is 0 Å². The number of benzene rings is 11. The second kappa shape index (κ2) is 14.7. The molecule has 66 heavy (non-hydrogen) atoms. The standard InChI is InChI=1S/C64H46N2/c1-41-31-37-55-56(39-41)63(54-23-8-7-22-53(54)62(55)42-32-38-48-47-19-9-12-27-57(47)64(2,3)58(48)40-42)52-26-15-25-49-46(52)24-16-30-59(49)65(43-17-5-4-6-18-43)44-33-35-45(36-34-44)66-60-28-13-10-20-50(60)51-21-11-14-29-61(51)66/h4-40H,1-3H3. The van der Waals surface area contributed by atoms with Gasteiger partial charge >= 0.3 is 0 Å². The molecule has 312 valence electrons. The van der Waals surface area contributed by atoms with Crippen LogP contribution in [0, 0.1) is 6.92 Å². The lowest BCUT2D eigenvalue weighted by atomic mass is 9.80. The average Bonchev–Trinajstić information content (AvgIpc) is 3.82. The molecule has 1 aromatic heterocycles. The van der Waals surface area contributed by atoms with E-state index in [1.54, 1.807) is 0 Å². The Labute approximate surface area is 385 Å². The number of rotatable bonds is 6. The van der Waals surface area contributed by atoms with E-state index in [0.29, 0.717) is 0 Å². The molecule has 2 heteroatoms. The third-order valence-electron chi connectivity index (χ3n) is 14.4. The van der Waals surface area contributed by atoms with E-state index in [-0.39, 0.29) is 5.41 Å². The maximum atomic E-state index is 2.48. The van der Waals surface area contributed by atoms with Crippen LogP contribution >= 0.6 is 0 Å². The quantitative estimate of drug-likeness (QED) is 0.151. The molecule has 1 aliphatic rings. The summed E-state index contributed by atoms with van der Waals surface area (Å²) in [5.41, 5.74) is 18.6. The zero-order valence-electron chi connectivity index (χ0n) is 37.3. The van der Waals surface area contributed by atoms with Crippen molar-refractivity contribution in [2.45, 2.75) is 26.2 Å². The highest BCUT2D eigenvalue weighted by molar-refractivity contribution is 6.24. The fraction of sp³-hybridized carbons (Fsp3) is 0.0625. The number of aryl methyl sites for hydroxylation is 1. The number of anilines is 3. The molecular weight excluding hydrogens is 797 g/mol. The van der Waals surface area contributed by atoms with Gasteiger partial charge in [0.2, 0.25) is 0 Å². The summed E-state index contributed by atoms with van der Waals surface area (Å²) < 4.78 is 2.39. The first-order valence-electron chi connectivity index (χ1n) is 23.1. The van der Waals surface area contributed by atoms with Crippen molar-refractivity contribution >= 4 is 71.2 Å². The molecule has 12 aromatic rings. The highest BCUT2D eigenvalue weighted by Crippen LogP contribution is 2.52. The van der Waals surface area contributed by atoms with Gasteiger partial charge in [0.05, 0.1) is 16.7 Å². The predicted molar refractivity (Wildman–Crippen MR) is 281 cm³/mol. The largest absolute Gasteiger partial charge is 0.310 e. The van der Waals surface area contributed by atoms with Gasteiger partial charge in [-0.05, 0) is 139 Å². The monoisotopic (exact) mass is 842 g/mol. The Bertz CT molecular complexity index is 3860. The Kier molecular flexibility index (Phi) is 8.51. The van der Waals surface area contributed by atoms with E-state index in [0.717, 1.165) is 22.7 Å². The highest BCUT2D eigenvalue weighted by Gasteiger charge is 2.35. The molecule has 0 saturated carbocycles. The van der Waals surface area contributed by atoms with Gasteiger partial charge in [0.15, 0.2) is 0 Å². The minimum Gasteiger partial charge on any atom is -0.310 e. The normalized spacial score (nSPS) is 12.9. The molecule has 0 saturated heterocycles. The number of nitrogens with zero attached hydrogens (tertiary/aromatic N) is 2. The van der Waals surface area contributed by atoms with Crippen LogP contribution in [0.4, 0.5) is 17.1 Å². The Morgan fingerprint density at radius 3 is 1.68 bits per heavy atom. The van der Waals surface area contributed by atoms with Crippen LogP contribution in [-0.2, 0) is 5.41 Å². The number of aromatic nitrogens is 1. The zero-order chi connectivity index (χ0) is 44.1. The number of fused-ring (bicyclic) bond motifs is 9. The Morgan fingerprint density at radius 1 is 0.364 bits per heavy atom. The molecule has 1 heterocycles. The van der Waals surface area contributed by atoms with E-state index in [2.05, 4.69) is 255 Å². The lowest BCUT2D eigenvalue weighted by Crippen LogP contribution is -2.14. The number of hydrogen-bond acceptors (Lipinski definition) is 1. The summed E-state index contributed by atoms with van der Waals surface area (Å²) >= 11 is 0. The maximum absolute atomic E-state index is 2.48. The number of para-hydroxylation sites is 3. The van der Waals surface area contributed by atoms with Crippen molar-refractivity contribution in [2.75, 3.05) is 4.90 Å². The summed E-state index contributed by atoms with van der Waals surface area (Å²) in [7, 11) is 0. The van der Waals surface area contributed by atoms with Crippen molar-refractivity contribution in [3.63, 3.8) is 0 Å². The minimum absolute atomic E-state index is 0.0905. The van der Waals surface area contributed by atoms with Gasteiger partial charge in [-0.3, -0.25) is 0 Å². The van der Waals surface area contributed by atoms with Crippen LogP contribution in [0.2, 0.25) is 0 Å². The first-order valence-corrected chi connectivity index (χ1v) is 23.1. The molecule has 0 aliphatic heterocycles. The van der Waals surface area contributed by atoms with E-state index in [1.165, 1.54) is 104 Å². The average molecular weight is 843 g/mol. The molecule has 0 N–H and O–H groups in total. The second-order valence-electron chi connectivity index (χ2n) is 18.5. The molecule has 0 bridgehead atoms. The zero-order valence-corrected chi connectivity index (χ0v) is 37.3. The van der Waals surface area contributed by atoms with Crippen LogP contribution < -0.4 is 4.90 Å². The molecule has 0 spiro atoms. The molecule has 0 radical (unpaired) electrons. The first-order chi connectivity index (χ1) is 32.4. The van der Waals surface area contributed by atoms with Gasteiger partial charge in [0.25, 0.3) is 0 Å². The van der Waals surface area contributed by atoms with Gasteiger partial charge in [-0.15, -0.1) is 0 Å². The molecule has 11 aromatic carbocycles. The lowest BCUT2D eigenvalue weighted by molar-refractivity contribution is 0.660. The minimum atomic E-state index is -0.0905. The fourth-order valence-corrected chi connectivity index (χ4v) is 11.4. The fourth-order valence-electron chi connectivity index (χ4n) is 11.4. The summed E-state index contributed by atoms with van der Waals surface area (Å²) in [5, 5.41) is 9.99. The van der Waals surface area contributed by atoms with Crippen LogP contribution in [0.1, 0.15) is 30.5 Å². The van der Waals surface area contributed by atoms with Gasteiger partial charge in [-0.2, -0.15) is 0 Å². The van der Waals surface area contributed by atoms with Crippen LogP contribution in [-0.4, -0.2) is 4.57 Å². The third-order valence-corrected chi connectivity index (χ3v) is 14.4. The number of hydrogen-bond donors (Lipinski definition) is 0. The molecule has 0 atom stereocenters. The molecule has 0 fully saturated rings. The Morgan fingerprint density at radius 2 is 0.924 bits per heavy atom. The van der Waals surface area contributed by atoms with E-state index in [4.69, 9.17) is 0 Å². The topological polar surface area (TPSA) is 8.17 Å². The van der Waals surface area contributed by atoms with Gasteiger partial charge in [-0.1, -0.05) is 183 Å². The second-order valence-corrected chi connectivity index (χ2v) is 18.5. The summed E-state index contributed by atoms with van der Waals surface area (Å²) in [4.78, 5) is 2.42. The van der Waals surface area contributed by atoms with E-state index >= 15 is 0 Å². The van der Waals surface area contributed by atoms with E-state index < -0.39 is 0 Å². The lowest BCUT2D eigenvalue weighted by Gasteiger charge is -2.28. The van der Waals surface area contributed by atoms with Crippen molar-refractivity contribution in [2.24, 2.45) is 0 Å². The summed E-state index contributed by atoms with van der Waals surface area (Å²) in [6.07, 6.45) is 0. The van der Waals surface area contributed by atoms with Gasteiger partial charge in [-0.25, -0.2) is 0 Å². The molecular formula is C64H46N2. The Hall–Kier alpha value is -8.20. The third kappa shape index (κ3) is 5.68. The van der Waals surface area contributed by atoms with Gasteiger partial charge < -0.3 is 9.47 Å². The predicted octanol–water partition coefficient (Wildman–Crippen LogP) is 17.7. The first kappa shape index (κ1) is 38.3. The van der Waals surface area contributed by atoms with Crippen molar-refractivity contribution in [3.8, 4) is 39.1 Å². The SMILES string of the molecule is Cc1ccc2c(-c3ccc4c(c3)C(C)(C)c3ccccc3-4)c3ccccc3c(-c3cccc4c(N(c5ccccc5)c5ccc(-n6c7ccccc7c7ccccc76)cc5)cccc34)c2c1. The Balaban J connectivity index is 0.998. The van der Waals surface area contributed by atoms with Crippen molar-refractivity contribution in [1.82, 2.24) is 4.57 Å². The highest BCUT2D eigenvalue weighted by atomic mass is 15.1. The molecule has 1 aliphatic carbocycles. The molecule has 13 rings (SSSR count). The van der Waals surface area contributed by atoms with Crippen molar-refractivity contribution < 1.29 is 0 Å². The van der Waals surface area contributed by atoms with Crippen molar-refractivity contribution in [3.05, 3.63) is 241 Å². The molecule has 2 nitrogen and oxygen atoms in total. The smallest absolute Gasteiger partial charge is 0.0541 e. The van der Waals surface area contributed by atoms with E-state index in [1.807, 2.05) is 0 Å². The summed E-state index contributed by atoms with van der Waals surface area (Å²) in [5.74, 6) is 0. The molecule has 0 amide bonds. The van der Waals surface area contributed by atoms with E-state index in [9.17, 15) is 0 Å². The summed E-state index contributed by atoms with van der Waals surface area (Å²) in [6, 6.07) is 83.2. The van der Waals surface area contributed by atoms with Gasteiger partial charge in [0, 0.05) is 38.6 Å². The van der Waals surface area contributed by atoms with Crippen molar-refractivity contribution in [1.29, 1.82) is 0 Å². The van der Waals surface area contributed by atoms with Crippen LogP contribution in [0.5, 0.6) is 0 Å². The molecule has 0 unspecified atom stereocenters. The van der Waals surface area contributed by atoms with Crippen LogP contribution in [0.25, 0.3) is 93.2 Å². The van der Waals surface area contributed by atoms with Crippen LogP contribution in [0.3, 0.4) is 0 Å². The van der Waals surface area contributed by atoms with Crippen LogP contribution in [0.15, 0.2) is 224 Å². The maximum Gasteiger partial charge on any atom is 0.0541 e.